The van der Waals surface area contributed by atoms with Gasteiger partial charge in [0.2, 0.25) is 23.6 Å². The van der Waals surface area contributed by atoms with E-state index in [1.165, 1.54) is 32.5 Å². The number of rotatable bonds is 11. The molecule has 0 spiro atoms. The van der Waals surface area contributed by atoms with E-state index in [0.717, 1.165) is 12.8 Å². The Labute approximate surface area is 215 Å². The third kappa shape index (κ3) is 5.19. The summed E-state index contributed by atoms with van der Waals surface area (Å²) < 4.78 is 27.4. The first kappa shape index (κ1) is 26.0. The Morgan fingerprint density at radius 2 is 1.72 bits per heavy atom. The van der Waals surface area contributed by atoms with Gasteiger partial charge in [-0.1, -0.05) is 19.9 Å². The van der Waals surface area contributed by atoms with Crippen LogP contribution in [0.4, 0.5) is 5.95 Å². The standard InChI is InChI=1S/C24H33N7O4S/c1-14(19(33-5)15-11-24(2,3)12-15)36-30-23-29-28-20(16-9-8-10-17(27-16)32-4)31(23)18-21(34-6)25-13-26-22(18)35-7/h8-10,13-15,19H,11-12H2,1-7H3,(H,29,30). The van der Waals surface area contributed by atoms with Gasteiger partial charge in [0.25, 0.3) is 0 Å². The molecule has 0 amide bonds. The first-order valence-electron chi connectivity index (χ1n) is 11.7. The molecule has 0 saturated heterocycles. The van der Waals surface area contributed by atoms with Gasteiger partial charge in [-0.2, -0.15) is 9.97 Å². The summed E-state index contributed by atoms with van der Waals surface area (Å²) in [5.41, 5.74) is 1.37. The van der Waals surface area contributed by atoms with Crippen LogP contribution in [0.15, 0.2) is 24.5 Å². The molecule has 3 heterocycles. The molecule has 0 aromatic carbocycles. The molecule has 3 aromatic rings. The van der Waals surface area contributed by atoms with Crippen molar-refractivity contribution in [2.24, 2.45) is 11.3 Å². The second-order valence-electron chi connectivity index (χ2n) is 9.45. The zero-order chi connectivity index (χ0) is 25.9. The molecule has 1 saturated carbocycles. The van der Waals surface area contributed by atoms with Gasteiger partial charge in [-0.3, -0.25) is 4.72 Å². The van der Waals surface area contributed by atoms with E-state index in [4.69, 9.17) is 18.9 Å². The van der Waals surface area contributed by atoms with Gasteiger partial charge in [-0.05, 0) is 49.1 Å². The van der Waals surface area contributed by atoms with E-state index in [-0.39, 0.29) is 11.4 Å². The second-order valence-corrected chi connectivity index (χ2v) is 10.6. The zero-order valence-electron chi connectivity index (χ0n) is 21.7. The molecule has 0 bridgehead atoms. The molecule has 12 heteroatoms. The van der Waals surface area contributed by atoms with Crippen molar-refractivity contribution in [1.82, 2.24) is 29.7 Å². The second kappa shape index (κ2) is 10.9. The van der Waals surface area contributed by atoms with Crippen LogP contribution in [0.5, 0.6) is 17.6 Å². The van der Waals surface area contributed by atoms with Crippen LogP contribution >= 0.6 is 11.9 Å². The van der Waals surface area contributed by atoms with Gasteiger partial charge >= 0.3 is 0 Å². The summed E-state index contributed by atoms with van der Waals surface area (Å²) in [6.45, 7) is 6.74. The van der Waals surface area contributed by atoms with Crippen molar-refractivity contribution in [2.75, 3.05) is 33.2 Å². The third-order valence-corrected chi connectivity index (χ3v) is 7.30. The van der Waals surface area contributed by atoms with E-state index < -0.39 is 0 Å². The maximum atomic E-state index is 5.90. The van der Waals surface area contributed by atoms with Crippen molar-refractivity contribution < 1.29 is 18.9 Å². The molecule has 36 heavy (non-hydrogen) atoms. The van der Waals surface area contributed by atoms with E-state index in [1.54, 1.807) is 24.9 Å². The van der Waals surface area contributed by atoms with E-state index in [1.807, 2.05) is 12.1 Å². The van der Waals surface area contributed by atoms with E-state index in [2.05, 4.69) is 50.6 Å². The summed E-state index contributed by atoms with van der Waals surface area (Å²) in [4.78, 5) is 13.1. The lowest BCUT2D eigenvalue weighted by molar-refractivity contribution is -0.0356. The molecule has 1 N–H and O–H groups in total. The first-order chi connectivity index (χ1) is 17.3. The van der Waals surface area contributed by atoms with Crippen LogP contribution in [0.2, 0.25) is 0 Å². The number of ether oxygens (including phenoxy) is 4. The highest BCUT2D eigenvalue weighted by molar-refractivity contribution is 8.01. The van der Waals surface area contributed by atoms with Crippen LogP contribution in [0, 0.1) is 11.3 Å². The number of methoxy groups -OCH3 is 4. The Balaban J connectivity index is 1.71. The minimum absolute atomic E-state index is 0.107. The third-order valence-electron chi connectivity index (χ3n) is 6.36. The van der Waals surface area contributed by atoms with Crippen LogP contribution in [0.25, 0.3) is 17.2 Å². The fourth-order valence-corrected chi connectivity index (χ4v) is 5.68. The van der Waals surface area contributed by atoms with Crippen molar-refractivity contribution in [2.45, 2.75) is 45.0 Å². The van der Waals surface area contributed by atoms with Gasteiger partial charge < -0.3 is 18.9 Å². The summed E-state index contributed by atoms with van der Waals surface area (Å²) in [6.07, 6.45) is 3.78. The number of pyridine rings is 1. The van der Waals surface area contributed by atoms with Gasteiger partial charge in [0.15, 0.2) is 11.5 Å². The number of aromatic nitrogens is 6. The minimum Gasteiger partial charge on any atom is -0.481 e. The van der Waals surface area contributed by atoms with Crippen LogP contribution in [0.3, 0.4) is 0 Å². The lowest BCUT2D eigenvalue weighted by atomic mass is 9.62. The molecule has 1 aliphatic carbocycles. The van der Waals surface area contributed by atoms with Crippen LogP contribution in [-0.2, 0) is 4.74 Å². The number of hydrogen-bond donors (Lipinski definition) is 1. The molecular formula is C24H33N7O4S. The Bertz CT molecular complexity index is 1160. The molecule has 3 aromatic heterocycles. The van der Waals surface area contributed by atoms with Crippen molar-refractivity contribution in [3.05, 3.63) is 24.5 Å². The lowest BCUT2D eigenvalue weighted by Crippen LogP contribution is -2.44. The summed E-state index contributed by atoms with van der Waals surface area (Å²) in [5, 5.41) is 9.01. The van der Waals surface area contributed by atoms with E-state index in [0.29, 0.717) is 52.1 Å². The molecule has 2 atom stereocenters. The molecule has 11 nitrogen and oxygen atoms in total. The minimum atomic E-state index is 0.107. The zero-order valence-corrected chi connectivity index (χ0v) is 22.5. The molecular weight excluding hydrogens is 482 g/mol. The van der Waals surface area contributed by atoms with E-state index in [9.17, 15) is 0 Å². The molecule has 1 aliphatic rings. The van der Waals surface area contributed by atoms with Crippen molar-refractivity contribution in [3.8, 4) is 34.8 Å². The van der Waals surface area contributed by atoms with Gasteiger partial charge in [0.05, 0.1) is 27.4 Å². The largest absolute Gasteiger partial charge is 0.481 e. The highest BCUT2D eigenvalue weighted by Gasteiger charge is 2.42. The first-order valence-corrected chi connectivity index (χ1v) is 12.5. The predicted molar refractivity (Wildman–Crippen MR) is 138 cm³/mol. The quantitative estimate of drug-likeness (QED) is 0.373. The molecule has 0 radical (unpaired) electrons. The van der Waals surface area contributed by atoms with Gasteiger partial charge in [-0.15, -0.1) is 10.2 Å². The van der Waals surface area contributed by atoms with Crippen LogP contribution < -0.4 is 18.9 Å². The molecule has 1 fully saturated rings. The summed E-state index contributed by atoms with van der Waals surface area (Å²) >= 11 is 1.53. The predicted octanol–water partition coefficient (Wildman–Crippen LogP) is 4.04. The van der Waals surface area contributed by atoms with Gasteiger partial charge in [0, 0.05) is 18.4 Å². The molecule has 4 rings (SSSR count). The average molecular weight is 516 g/mol. The lowest BCUT2D eigenvalue weighted by Gasteiger charge is -2.47. The van der Waals surface area contributed by atoms with Crippen molar-refractivity contribution >= 4 is 17.9 Å². The van der Waals surface area contributed by atoms with Gasteiger partial charge in [0.1, 0.15) is 12.0 Å². The highest BCUT2D eigenvalue weighted by atomic mass is 32.2. The molecule has 0 aliphatic heterocycles. The van der Waals surface area contributed by atoms with Crippen molar-refractivity contribution in [1.29, 1.82) is 0 Å². The Morgan fingerprint density at radius 1 is 1.03 bits per heavy atom. The Kier molecular flexibility index (Phi) is 7.84. The summed E-state index contributed by atoms with van der Waals surface area (Å²) in [7, 11) is 6.41. The maximum Gasteiger partial charge on any atom is 0.245 e. The average Bonchev–Trinajstić information content (AvgIpc) is 3.29. The van der Waals surface area contributed by atoms with Crippen molar-refractivity contribution in [3.63, 3.8) is 0 Å². The number of anilines is 1. The number of nitrogens with zero attached hydrogens (tertiary/aromatic N) is 6. The van der Waals surface area contributed by atoms with Crippen LogP contribution in [-0.4, -0.2) is 69.5 Å². The molecule has 194 valence electrons. The highest BCUT2D eigenvalue weighted by Crippen LogP contribution is 2.48. The Morgan fingerprint density at radius 3 is 2.31 bits per heavy atom. The summed E-state index contributed by atoms with van der Waals surface area (Å²) in [6, 6.07) is 5.42. The Hall–Kier alpha value is -3.12. The maximum absolute atomic E-state index is 5.90. The molecule has 2 unspecified atom stereocenters. The fourth-order valence-electron chi connectivity index (χ4n) is 4.79. The monoisotopic (exact) mass is 515 g/mol. The number of hydrogen-bond acceptors (Lipinski definition) is 11. The number of nitrogens with one attached hydrogen (secondary N) is 1. The van der Waals surface area contributed by atoms with E-state index >= 15 is 0 Å². The van der Waals surface area contributed by atoms with Gasteiger partial charge in [-0.25, -0.2) is 9.55 Å². The normalized spacial score (nSPS) is 16.6. The smallest absolute Gasteiger partial charge is 0.245 e. The SMILES string of the molecule is COc1cccc(-c2nnc(NSC(C)C(OC)C3CC(C)(C)C3)n2-c2c(OC)ncnc2OC)n1. The fraction of sp³-hybridized carbons (Fsp3) is 0.542. The topological polar surface area (TPSA) is 118 Å². The van der Waals surface area contributed by atoms with Crippen LogP contribution in [0.1, 0.15) is 33.6 Å². The summed E-state index contributed by atoms with van der Waals surface area (Å²) in [5.74, 6) is 2.47.